The standard InChI is InChI=1S/C14H8F5NO3S/c15-9-3-6-11(16)12(7-9)20-13(21)8-1-4-10(5-2-8)24(22,23)14(17,18)19/h1-7H,(H,20,21). The minimum absolute atomic E-state index is 0.236. The van der Waals surface area contributed by atoms with Crippen molar-refractivity contribution in [3.05, 3.63) is 59.7 Å². The summed E-state index contributed by atoms with van der Waals surface area (Å²) in [5.41, 5.74) is -6.17. The Morgan fingerprint density at radius 3 is 2.08 bits per heavy atom. The molecule has 0 radical (unpaired) electrons. The fourth-order valence-corrected chi connectivity index (χ4v) is 2.47. The van der Waals surface area contributed by atoms with Crippen molar-refractivity contribution in [3.8, 4) is 0 Å². The van der Waals surface area contributed by atoms with Gasteiger partial charge in [0.05, 0.1) is 10.6 Å². The lowest BCUT2D eigenvalue weighted by Crippen LogP contribution is -2.23. The summed E-state index contributed by atoms with van der Waals surface area (Å²) < 4.78 is 86.0. The van der Waals surface area contributed by atoms with Crippen LogP contribution in [-0.4, -0.2) is 19.8 Å². The number of halogens is 5. The van der Waals surface area contributed by atoms with E-state index in [2.05, 4.69) is 0 Å². The molecule has 0 unspecified atom stereocenters. The van der Waals surface area contributed by atoms with E-state index in [4.69, 9.17) is 0 Å². The van der Waals surface area contributed by atoms with Crippen LogP contribution in [0, 0.1) is 11.6 Å². The van der Waals surface area contributed by atoms with Crippen LogP contribution >= 0.6 is 0 Å². The van der Waals surface area contributed by atoms with E-state index in [-0.39, 0.29) is 5.56 Å². The lowest BCUT2D eigenvalue weighted by molar-refractivity contribution is -0.0436. The highest BCUT2D eigenvalue weighted by Gasteiger charge is 2.46. The molecular formula is C14H8F5NO3S. The number of hydrogen-bond acceptors (Lipinski definition) is 3. The summed E-state index contributed by atoms with van der Waals surface area (Å²) >= 11 is 0. The quantitative estimate of drug-likeness (QED) is 0.847. The summed E-state index contributed by atoms with van der Waals surface area (Å²) in [7, 11) is -5.53. The highest BCUT2D eigenvalue weighted by Crippen LogP contribution is 2.30. The first-order chi connectivity index (χ1) is 11.0. The van der Waals surface area contributed by atoms with Gasteiger partial charge in [-0.15, -0.1) is 0 Å². The molecule has 0 atom stereocenters. The van der Waals surface area contributed by atoms with Gasteiger partial charge in [-0.05, 0) is 36.4 Å². The molecule has 2 aromatic carbocycles. The normalized spacial score (nSPS) is 12.0. The Kier molecular flexibility index (Phi) is 4.61. The first-order valence-corrected chi connectivity index (χ1v) is 7.68. The molecule has 0 fully saturated rings. The van der Waals surface area contributed by atoms with Gasteiger partial charge in [-0.25, -0.2) is 17.2 Å². The van der Waals surface area contributed by atoms with E-state index in [0.29, 0.717) is 12.1 Å². The fraction of sp³-hybridized carbons (Fsp3) is 0.0714. The maximum atomic E-state index is 13.4. The fourth-order valence-electron chi connectivity index (χ4n) is 1.71. The third-order valence-corrected chi connectivity index (χ3v) is 4.41. The summed E-state index contributed by atoms with van der Waals surface area (Å²) in [6.45, 7) is 0. The summed E-state index contributed by atoms with van der Waals surface area (Å²) in [6.07, 6.45) is 0. The second kappa shape index (κ2) is 6.19. The highest BCUT2D eigenvalue weighted by molar-refractivity contribution is 7.92. The first kappa shape index (κ1) is 17.9. The number of nitrogens with one attached hydrogen (secondary N) is 1. The monoisotopic (exact) mass is 365 g/mol. The van der Waals surface area contributed by atoms with Gasteiger partial charge in [-0.1, -0.05) is 0 Å². The molecule has 0 bridgehead atoms. The van der Waals surface area contributed by atoms with Crippen LogP contribution in [0.15, 0.2) is 47.4 Å². The van der Waals surface area contributed by atoms with E-state index in [9.17, 15) is 35.2 Å². The average molecular weight is 365 g/mol. The Balaban J connectivity index is 2.25. The topological polar surface area (TPSA) is 63.2 Å². The zero-order valence-electron chi connectivity index (χ0n) is 11.6. The molecule has 1 N–H and O–H groups in total. The molecule has 2 rings (SSSR count). The van der Waals surface area contributed by atoms with Gasteiger partial charge in [0.25, 0.3) is 15.7 Å². The third-order valence-electron chi connectivity index (χ3n) is 2.91. The third kappa shape index (κ3) is 3.53. The Morgan fingerprint density at radius 1 is 0.958 bits per heavy atom. The SMILES string of the molecule is O=C(Nc1cc(F)ccc1F)c1ccc(S(=O)(=O)C(F)(F)F)cc1. The summed E-state index contributed by atoms with van der Waals surface area (Å²) in [5, 5.41) is 2.03. The minimum atomic E-state index is -5.53. The smallest absolute Gasteiger partial charge is 0.319 e. The molecule has 4 nitrogen and oxygen atoms in total. The van der Waals surface area contributed by atoms with E-state index in [1.54, 1.807) is 0 Å². The van der Waals surface area contributed by atoms with E-state index in [0.717, 1.165) is 30.3 Å². The van der Waals surface area contributed by atoms with Crippen molar-refractivity contribution in [2.75, 3.05) is 5.32 Å². The summed E-state index contributed by atoms with van der Waals surface area (Å²) in [4.78, 5) is 10.8. The van der Waals surface area contributed by atoms with Crippen molar-refractivity contribution < 1.29 is 35.2 Å². The van der Waals surface area contributed by atoms with Crippen LogP contribution in [0.4, 0.5) is 27.6 Å². The number of hydrogen-bond donors (Lipinski definition) is 1. The maximum Gasteiger partial charge on any atom is 0.501 e. The number of rotatable bonds is 3. The first-order valence-electron chi connectivity index (χ1n) is 6.20. The number of carbonyl (C=O) groups is 1. The second-order valence-corrected chi connectivity index (χ2v) is 6.49. The summed E-state index contributed by atoms with van der Waals surface area (Å²) in [6, 6.07) is 5.18. The van der Waals surface area contributed by atoms with Crippen LogP contribution in [0.25, 0.3) is 0 Å². The number of carbonyl (C=O) groups excluding carboxylic acids is 1. The van der Waals surface area contributed by atoms with Gasteiger partial charge in [-0.2, -0.15) is 13.2 Å². The van der Waals surface area contributed by atoms with Crippen molar-refractivity contribution in [1.29, 1.82) is 0 Å². The molecule has 10 heteroatoms. The minimum Gasteiger partial charge on any atom is -0.319 e. The lowest BCUT2D eigenvalue weighted by Gasteiger charge is -2.09. The van der Waals surface area contributed by atoms with Gasteiger partial charge in [0.15, 0.2) is 0 Å². The molecule has 24 heavy (non-hydrogen) atoms. The van der Waals surface area contributed by atoms with Crippen LogP contribution in [-0.2, 0) is 9.84 Å². The average Bonchev–Trinajstić information content (AvgIpc) is 2.50. The van der Waals surface area contributed by atoms with E-state index >= 15 is 0 Å². The van der Waals surface area contributed by atoms with Crippen molar-refractivity contribution in [1.82, 2.24) is 0 Å². The number of anilines is 1. The lowest BCUT2D eigenvalue weighted by atomic mass is 10.2. The Bertz CT molecular complexity index is 876. The largest absolute Gasteiger partial charge is 0.501 e. The summed E-state index contributed by atoms with van der Waals surface area (Å²) in [5.74, 6) is -2.67. The Labute approximate surface area is 132 Å². The molecule has 0 aliphatic rings. The second-order valence-electron chi connectivity index (χ2n) is 4.55. The molecule has 0 heterocycles. The number of sulfone groups is 1. The molecule has 128 valence electrons. The molecule has 0 aromatic heterocycles. The van der Waals surface area contributed by atoms with Crippen LogP contribution in [0.5, 0.6) is 0 Å². The molecule has 0 spiro atoms. The van der Waals surface area contributed by atoms with Gasteiger partial charge in [0.1, 0.15) is 11.6 Å². The molecule has 0 saturated carbocycles. The molecule has 0 aliphatic carbocycles. The molecule has 2 aromatic rings. The van der Waals surface area contributed by atoms with Crippen LogP contribution in [0.1, 0.15) is 10.4 Å². The Hall–Kier alpha value is -2.49. The van der Waals surface area contributed by atoms with Crippen LogP contribution in [0.2, 0.25) is 0 Å². The zero-order chi connectivity index (χ0) is 18.1. The number of alkyl halides is 3. The van der Waals surface area contributed by atoms with Crippen molar-refractivity contribution >= 4 is 21.4 Å². The van der Waals surface area contributed by atoms with E-state index in [1.807, 2.05) is 5.32 Å². The maximum absolute atomic E-state index is 13.4. The zero-order valence-corrected chi connectivity index (χ0v) is 12.4. The predicted octanol–water partition coefficient (Wildman–Crippen LogP) is 3.51. The van der Waals surface area contributed by atoms with Gasteiger partial charge >= 0.3 is 5.51 Å². The van der Waals surface area contributed by atoms with E-state index < -0.39 is 43.5 Å². The molecular weight excluding hydrogens is 357 g/mol. The van der Waals surface area contributed by atoms with Crippen LogP contribution < -0.4 is 5.32 Å². The van der Waals surface area contributed by atoms with Gasteiger partial charge in [-0.3, -0.25) is 4.79 Å². The number of amides is 1. The molecule has 1 amide bonds. The molecule has 0 aliphatic heterocycles. The van der Waals surface area contributed by atoms with Crippen molar-refractivity contribution in [3.63, 3.8) is 0 Å². The van der Waals surface area contributed by atoms with Gasteiger partial charge in [0, 0.05) is 11.6 Å². The van der Waals surface area contributed by atoms with Crippen molar-refractivity contribution in [2.45, 2.75) is 10.4 Å². The predicted molar refractivity (Wildman–Crippen MR) is 74.0 cm³/mol. The van der Waals surface area contributed by atoms with E-state index in [1.165, 1.54) is 0 Å². The van der Waals surface area contributed by atoms with Gasteiger partial charge < -0.3 is 5.32 Å². The Morgan fingerprint density at radius 2 is 1.54 bits per heavy atom. The molecule has 0 saturated heterocycles. The number of benzene rings is 2. The van der Waals surface area contributed by atoms with Crippen molar-refractivity contribution in [2.24, 2.45) is 0 Å². The van der Waals surface area contributed by atoms with Crippen LogP contribution in [0.3, 0.4) is 0 Å². The highest BCUT2D eigenvalue weighted by atomic mass is 32.2. The van der Waals surface area contributed by atoms with Gasteiger partial charge in [0.2, 0.25) is 0 Å².